The maximum Gasteiger partial charge on any atom is 0.328 e. The minimum absolute atomic E-state index is 0.00259. The third-order valence-corrected chi connectivity index (χ3v) is 4.66. The maximum absolute atomic E-state index is 12.4. The first-order chi connectivity index (χ1) is 12.9. The highest BCUT2D eigenvalue weighted by atomic mass is 16.4. The second-order valence-electron chi connectivity index (χ2n) is 7.28. The number of unbranched alkanes of at least 4 members (excludes halogenated alkanes) is 4. The highest BCUT2D eigenvalue weighted by Gasteiger charge is 2.18. The molecule has 0 aliphatic heterocycles. The van der Waals surface area contributed by atoms with Gasteiger partial charge in [0.25, 0.3) is 5.91 Å². The second kappa shape index (κ2) is 12.5. The molecular weight excluding hydrogens is 344 g/mol. The second-order valence-corrected chi connectivity index (χ2v) is 7.28. The number of hydrogen-bond donors (Lipinski definition) is 2. The summed E-state index contributed by atoms with van der Waals surface area (Å²) < 4.78 is 1.30. The van der Waals surface area contributed by atoms with Crippen molar-refractivity contribution in [3.63, 3.8) is 0 Å². The number of nitrogens with zero attached hydrogens (tertiary/aromatic N) is 3. The fraction of sp³-hybridized carbons (Fsp3) is 0.750. The number of nitrogens with one attached hydrogen (secondary N) is 1. The first-order valence-corrected chi connectivity index (χ1v) is 10.2. The molecule has 1 rings (SSSR count). The molecule has 154 valence electrons. The molecular formula is C20H36N4O3. The highest BCUT2D eigenvalue weighted by Crippen LogP contribution is 2.07. The predicted molar refractivity (Wildman–Crippen MR) is 107 cm³/mol. The predicted octanol–water partition coefficient (Wildman–Crippen LogP) is 3.33. The lowest BCUT2D eigenvalue weighted by molar-refractivity contribution is -0.140. The molecule has 1 aromatic rings. The van der Waals surface area contributed by atoms with Crippen LogP contribution < -0.4 is 5.32 Å². The number of carboxylic acids is 1. The SMILES string of the molecule is CCCCCN(CCCCC)CC(C)NC(=O)c1ccn(C(C)C(=O)O)n1. The molecule has 7 heteroatoms. The van der Waals surface area contributed by atoms with Gasteiger partial charge in [-0.15, -0.1) is 0 Å². The van der Waals surface area contributed by atoms with Gasteiger partial charge < -0.3 is 15.3 Å². The van der Waals surface area contributed by atoms with Crippen LogP contribution in [0, 0.1) is 0 Å². The number of hydrogen-bond acceptors (Lipinski definition) is 4. The van der Waals surface area contributed by atoms with Gasteiger partial charge >= 0.3 is 5.97 Å². The van der Waals surface area contributed by atoms with E-state index in [1.165, 1.54) is 56.3 Å². The zero-order valence-corrected chi connectivity index (χ0v) is 17.3. The van der Waals surface area contributed by atoms with Crippen LogP contribution in [0.1, 0.15) is 82.8 Å². The summed E-state index contributed by atoms with van der Waals surface area (Å²) in [5.41, 5.74) is 0.249. The third-order valence-electron chi connectivity index (χ3n) is 4.66. The van der Waals surface area contributed by atoms with Crippen LogP contribution >= 0.6 is 0 Å². The molecule has 2 N–H and O–H groups in total. The van der Waals surface area contributed by atoms with Crippen LogP contribution in [0.4, 0.5) is 0 Å². The number of carbonyl (C=O) groups is 2. The molecule has 0 saturated heterocycles. The Morgan fingerprint density at radius 2 is 1.74 bits per heavy atom. The van der Waals surface area contributed by atoms with E-state index >= 15 is 0 Å². The van der Waals surface area contributed by atoms with Crippen LogP contribution in [-0.2, 0) is 4.79 Å². The molecule has 0 fully saturated rings. The summed E-state index contributed by atoms with van der Waals surface area (Å²) >= 11 is 0. The van der Waals surface area contributed by atoms with E-state index in [4.69, 9.17) is 5.11 Å². The van der Waals surface area contributed by atoms with Gasteiger partial charge in [0.05, 0.1) is 0 Å². The molecule has 0 aromatic carbocycles. The van der Waals surface area contributed by atoms with Gasteiger partial charge in [0.1, 0.15) is 11.7 Å². The van der Waals surface area contributed by atoms with Crippen molar-refractivity contribution in [3.05, 3.63) is 18.0 Å². The average molecular weight is 381 g/mol. The van der Waals surface area contributed by atoms with Gasteiger partial charge in [-0.25, -0.2) is 4.79 Å². The normalized spacial score (nSPS) is 13.5. The Kier molecular flexibility index (Phi) is 10.7. The fourth-order valence-corrected chi connectivity index (χ4v) is 2.98. The van der Waals surface area contributed by atoms with Gasteiger partial charge in [-0.1, -0.05) is 39.5 Å². The molecule has 0 saturated carbocycles. The zero-order valence-electron chi connectivity index (χ0n) is 17.3. The number of carboxylic acid groups (broad SMARTS) is 1. The average Bonchev–Trinajstić information content (AvgIpc) is 3.11. The van der Waals surface area contributed by atoms with E-state index in [-0.39, 0.29) is 17.6 Å². The molecule has 0 spiro atoms. The van der Waals surface area contributed by atoms with Gasteiger partial charge in [0.2, 0.25) is 0 Å². The van der Waals surface area contributed by atoms with Gasteiger partial charge in [-0.05, 0) is 45.8 Å². The van der Waals surface area contributed by atoms with Gasteiger partial charge in [0, 0.05) is 18.8 Å². The van der Waals surface area contributed by atoms with E-state index in [9.17, 15) is 9.59 Å². The fourth-order valence-electron chi connectivity index (χ4n) is 2.98. The zero-order chi connectivity index (χ0) is 20.2. The summed E-state index contributed by atoms with van der Waals surface area (Å²) in [7, 11) is 0. The minimum Gasteiger partial charge on any atom is -0.480 e. The van der Waals surface area contributed by atoms with Crippen molar-refractivity contribution in [2.45, 2.75) is 78.3 Å². The minimum atomic E-state index is -0.978. The number of amides is 1. The number of carbonyl (C=O) groups excluding carboxylic acids is 1. The van der Waals surface area contributed by atoms with Crippen LogP contribution in [0.3, 0.4) is 0 Å². The van der Waals surface area contributed by atoms with Crippen molar-refractivity contribution in [1.82, 2.24) is 20.0 Å². The summed E-state index contributed by atoms with van der Waals surface area (Å²) in [5, 5.41) is 16.1. The molecule has 0 bridgehead atoms. The Labute approximate surface area is 163 Å². The Bertz CT molecular complexity index is 563. The van der Waals surface area contributed by atoms with Crippen LogP contribution in [0.15, 0.2) is 12.3 Å². The van der Waals surface area contributed by atoms with Crippen molar-refractivity contribution in [2.75, 3.05) is 19.6 Å². The summed E-state index contributed by atoms with van der Waals surface area (Å²) in [6, 6.07) is 0.765. The van der Waals surface area contributed by atoms with E-state index in [0.29, 0.717) is 0 Å². The Morgan fingerprint density at radius 3 is 2.26 bits per heavy atom. The standard InChI is InChI=1S/C20H36N4O3/c1-5-7-9-12-23(13-10-8-6-2)15-16(3)21-19(25)18-11-14-24(22-18)17(4)20(26)27/h11,14,16-17H,5-10,12-13,15H2,1-4H3,(H,21,25)(H,26,27). The summed E-state index contributed by atoms with van der Waals surface area (Å²) in [6.45, 7) is 10.9. The van der Waals surface area contributed by atoms with Crippen LogP contribution in [-0.4, -0.2) is 57.3 Å². The van der Waals surface area contributed by atoms with Crippen LogP contribution in [0.5, 0.6) is 0 Å². The van der Waals surface area contributed by atoms with Gasteiger partial charge in [-0.2, -0.15) is 5.10 Å². The number of aliphatic carboxylic acids is 1. The van der Waals surface area contributed by atoms with Crippen LogP contribution in [0.2, 0.25) is 0 Å². The Morgan fingerprint density at radius 1 is 1.15 bits per heavy atom. The maximum atomic E-state index is 12.4. The van der Waals surface area contributed by atoms with E-state index in [1.807, 2.05) is 6.92 Å². The molecule has 2 unspecified atom stereocenters. The quantitative estimate of drug-likeness (QED) is 0.483. The smallest absolute Gasteiger partial charge is 0.328 e. The van der Waals surface area contributed by atoms with E-state index in [0.717, 1.165) is 19.6 Å². The first-order valence-electron chi connectivity index (χ1n) is 10.2. The number of aromatic nitrogens is 2. The summed E-state index contributed by atoms with van der Waals surface area (Å²) in [6.07, 6.45) is 8.75. The largest absolute Gasteiger partial charge is 0.480 e. The monoisotopic (exact) mass is 380 g/mol. The first kappa shape index (κ1) is 23.1. The van der Waals surface area contributed by atoms with Crippen LogP contribution in [0.25, 0.3) is 0 Å². The highest BCUT2D eigenvalue weighted by molar-refractivity contribution is 5.92. The third kappa shape index (κ3) is 8.56. The van der Waals surface area contributed by atoms with E-state index < -0.39 is 12.0 Å². The van der Waals surface area contributed by atoms with E-state index in [2.05, 4.69) is 29.2 Å². The molecule has 1 amide bonds. The summed E-state index contributed by atoms with van der Waals surface area (Å²) in [5.74, 6) is -1.24. The lowest BCUT2D eigenvalue weighted by atomic mass is 10.2. The van der Waals surface area contributed by atoms with Crippen molar-refractivity contribution in [2.24, 2.45) is 0 Å². The molecule has 0 aliphatic carbocycles. The van der Waals surface area contributed by atoms with Crippen molar-refractivity contribution in [1.29, 1.82) is 0 Å². The summed E-state index contributed by atoms with van der Waals surface area (Å²) in [4.78, 5) is 25.9. The Hall–Kier alpha value is -1.89. The van der Waals surface area contributed by atoms with Crippen molar-refractivity contribution >= 4 is 11.9 Å². The van der Waals surface area contributed by atoms with Gasteiger partial charge in [0.15, 0.2) is 0 Å². The van der Waals surface area contributed by atoms with Crippen molar-refractivity contribution < 1.29 is 14.7 Å². The molecule has 27 heavy (non-hydrogen) atoms. The molecule has 0 aliphatic rings. The van der Waals surface area contributed by atoms with Gasteiger partial charge in [-0.3, -0.25) is 9.48 Å². The molecule has 0 radical (unpaired) electrons. The molecule has 1 heterocycles. The van der Waals surface area contributed by atoms with Crippen molar-refractivity contribution in [3.8, 4) is 0 Å². The lowest BCUT2D eigenvalue weighted by Gasteiger charge is -2.26. The van der Waals surface area contributed by atoms with E-state index in [1.54, 1.807) is 6.07 Å². The molecule has 1 aromatic heterocycles. The Balaban J connectivity index is 2.56. The lowest BCUT2D eigenvalue weighted by Crippen LogP contribution is -2.42. The topological polar surface area (TPSA) is 87.5 Å². The molecule has 2 atom stereocenters. The molecule has 7 nitrogen and oxygen atoms in total. The number of rotatable bonds is 14.